The number of hydrogen-bond donors (Lipinski definition) is 1. The Balaban J connectivity index is 1.34. The quantitative estimate of drug-likeness (QED) is 0.715. The number of fused-ring (bicyclic) bond motifs is 3. The van der Waals surface area contributed by atoms with Gasteiger partial charge in [-0.25, -0.2) is 4.39 Å². The first-order chi connectivity index (χ1) is 14.1. The maximum absolute atomic E-state index is 14.6. The number of halogens is 1. The lowest BCUT2D eigenvalue weighted by atomic mass is 9.85. The molecule has 2 bridgehead atoms. The van der Waals surface area contributed by atoms with Crippen molar-refractivity contribution < 1.29 is 14.2 Å². The van der Waals surface area contributed by atoms with Crippen molar-refractivity contribution in [1.82, 2.24) is 14.5 Å². The van der Waals surface area contributed by atoms with E-state index < -0.39 is 5.60 Å². The van der Waals surface area contributed by atoms with Crippen molar-refractivity contribution in [3.63, 3.8) is 0 Å². The third kappa shape index (κ3) is 3.30. The summed E-state index contributed by atoms with van der Waals surface area (Å²) in [6, 6.07) is 9.91. The van der Waals surface area contributed by atoms with Crippen LogP contribution in [-0.2, 0) is 13.1 Å². The van der Waals surface area contributed by atoms with Crippen LogP contribution in [0.2, 0.25) is 0 Å². The molecule has 29 heavy (non-hydrogen) atoms. The predicted molar refractivity (Wildman–Crippen MR) is 109 cm³/mol. The topological polar surface area (TPSA) is 50.5 Å². The van der Waals surface area contributed by atoms with Crippen LogP contribution < -0.4 is 4.74 Å². The van der Waals surface area contributed by atoms with E-state index in [4.69, 9.17) is 4.74 Å². The molecule has 2 fully saturated rings. The van der Waals surface area contributed by atoms with E-state index in [0.717, 1.165) is 23.7 Å². The third-order valence-electron chi connectivity index (χ3n) is 6.66. The minimum absolute atomic E-state index is 0.268. The molecule has 5 nitrogen and oxygen atoms in total. The summed E-state index contributed by atoms with van der Waals surface area (Å²) in [4.78, 5) is 6.61. The van der Waals surface area contributed by atoms with Gasteiger partial charge < -0.3 is 14.4 Å². The van der Waals surface area contributed by atoms with Crippen LogP contribution in [0, 0.1) is 5.82 Å². The summed E-state index contributed by atoms with van der Waals surface area (Å²) in [7, 11) is 1.49. The van der Waals surface area contributed by atoms with Crippen molar-refractivity contribution in [2.75, 3.05) is 7.11 Å². The number of nitrogens with zero attached hydrogens (tertiary/aromatic N) is 3. The van der Waals surface area contributed by atoms with E-state index in [1.165, 1.54) is 7.11 Å². The molecule has 0 amide bonds. The Morgan fingerprint density at radius 1 is 1.21 bits per heavy atom. The summed E-state index contributed by atoms with van der Waals surface area (Å²) in [6.45, 7) is 1.13. The molecule has 3 aromatic rings. The van der Waals surface area contributed by atoms with Crippen LogP contribution in [-0.4, -0.2) is 44.4 Å². The first kappa shape index (κ1) is 18.6. The second kappa shape index (κ2) is 7.11. The summed E-state index contributed by atoms with van der Waals surface area (Å²) in [5.41, 5.74) is 0.958. The monoisotopic (exact) mass is 395 g/mol. The van der Waals surface area contributed by atoms with E-state index in [0.29, 0.717) is 31.5 Å². The lowest BCUT2D eigenvalue weighted by Gasteiger charge is -2.44. The van der Waals surface area contributed by atoms with Gasteiger partial charge in [-0.1, -0.05) is 12.1 Å². The predicted octanol–water partition coefficient (Wildman–Crippen LogP) is 3.74. The molecule has 5 rings (SSSR count). The van der Waals surface area contributed by atoms with E-state index >= 15 is 0 Å². The molecule has 2 saturated heterocycles. The molecule has 2 atom stereocenters. The van der Waals surface area contributed by atoms with Crippen LogP contribution in [0.3, 0.4) is 0 Å². The Kier molecular flexibility index (Phi) is 4.56. The highest BCUT2D eigenvalue weighted by Crippen LogP contribution is 2.43. The number of pyridine rings is 1. The van der Waals surface area contributed by atoms with Crippen LogP contribution in [0.25, 0.3) is 10.9 Å². The summed E-state index contributed by atoms with van der Waals surface area (Å²) in [5, 5.41) is 12.6. The Labute approximate surface area is 169 Å². The van der Waals surface area contributed by atoms with Gasteiger partial charge in [0.2, 0.25) is 0 Å². The molecule has 0 unspecified atom stereocenters. The number of piperidine rings is 1. The van der Waals surface area contributed by atoms with Gasteiger partial charge in [0.15, 0.2) is 11.6 Å². The Bertz CT molecular complexity index is 1020. The van der Waals surface area contributed by atoms with Gasteiger partial charge in [-0.3, -0.25) is 9.88 Å². The minimum atomic E-state index is -0.753. The third-order valence-corrected chi connectivity index (χ3v) is 6.66. The molecule has 0 spiro atoms. The van der Waals surface area contributed by atoms with Crippen molar-refractivity contribution in [2.45, 2.75) is 56.5 Å². The van der Waals surface area contributed by atoms with E-state index in [2.05, 4.69) is 20.5 Å². The normalized spacial score (nSPS) is 26.9. The van der Waals surface area contributed by atoms with Crippen molar-refractivity contribution in [3.05, 3.63) is 60.3 Å². The first-order valence-electron chi connectivity index (χ1n) is 10.2. The SMILES string of the molecule is COc1cccc(CN2[C@H]3CC[C@H]2CC(O)(Cn2ccc4ccncc42)C3)c1F. The lowest BCUT2D eigenvalue weighted by Crippen LogP contribution is -2.52. The average Bonchev–Trinajstić information content (AvgIpc) is 3.22. The molecule has 1 aromatic carbocycles. The van der Waals surface area contributed by atoms with E-state index in [-0.39, 0.29) is 23.7 Å². The van der Waals surface area contributed by atoms with Crippen LogP contribution in [0.1, 0.15) is 31.2 Å². The Morgan fingerprint density at radius 3 is 2.76 bits per heavy atom. The van der Waals surface area contributed by atoms with E-state index in [1.807, 2.05) is 30.6 Å². The fraction of sp³-hybridized carbons (Fsp3) is 0.435. The molecule has 0 aliphatic carbocycles. The zero-order valence-electron chi connectivity index (χ0n) is 16.6. The molecule has 152 valence electrons. The highest BCUT2D eigenvalue weighted by molar-refractivity contribution is 5.78. The van der Waals surface area contributed by atoms with Gasteiger partial charge in [-0.2, -0.15) is 0 Å². The summed E-state index contributed by atoms with van der Waals surface area (Å²) in [6.07, 6.45) is 9.18. The smallest absolute Gasteiger partial charge is 0.169 e. The molecule has 2 aliphatic heterocycles. The zero-order chi connectivity index (χ0) is 20.0. The van der Waals surface area contributed by atoms with Gasteiger partial charge in [-0.05, 0) is 43.9 Å². The van der Waals surface area contributed by atoms with Crippen LogP contribution in [0.4, 0.5) is 4.39 Å². The summed E-state index contributed by atoms with van der Waals surface area (Å²) < 4.78 is 21.9. The fourth-order valence-electron chi connectivity index (χ4n) is 5.32. The molecule has 1 N–H and O–H groups in total. The van der Waals surface area contributed by atoms with Crippen molar-refractivity contribution >= 4 is 10.9 Å². The van der Waals surface area contributed by atoms with Gasteiger partial charge >= 0.3 is 0 Å². The van der Waals surface area contributed by atoms with Gasteiger partial charge in [-0.15, -0.1) is 0 Å². The molecule has 2 aromatic heterocycles. The zero-order valence-corrected chi connectivity index (χ0v) is 16.6. The van der Waals surface area contributed by atoms with Gasteiger partial charge in [0.1, 0.15) is 0 Å². The second-order valence-electron chi connectivity index (χ2n) is 8.50. The highest BCUT2D eigenvalue weighted by Gasteiger charge is 2.47. The van der Waals surface area contributed by atoms with Crippen molar-refractivity contribution in [3.8, 4) is 5.75 Å². The number of ether oxygens (including phenoxy) is 1. The number of aromatic nitrogens is 2. The van der Waals surface area contributed by atoms with Gasteiger partial charge in [0, 0.05) is 42.0 Å². The van der Waals surface area contributed by atoms with Crippen molar-refractivity contribution in [2.24, 2.45) is 0 Å². The number of benzene rings is 1. The molecule has 2 aliphatic rings. The highest BCUT2D eigenvalue weighted by atomic mass is 19.1. The summed E-state index contributed by atoms with van der Waals surface area (Å²) >= 11 is 0. The average molecular weight is 395 g/mol. The lowest BCUT2D eigenvalue weighted by molar-refractivity contribution is -0.0646. The summed E-state index contributed by atoms with van der Waals surface area (Å²) in [5.74, 6) is 0.0120. The van der Waals surface area contributed by atoms with Crippen LogP contribution in [0.5, 0.6) is 5.75 Å². The Hall–Kier alpha value is -2.44. The van der Waals surface area contributed by atoms with Crippen molar-refractivity contribution in [1.29, 1.82) is 0 Å². The van der Waals surface area contributed by atoms with Gasteiger partial charge in [0.05, 0.1) is 31.0 Å². The molecular formula is C23H26FN3O2. The molecule has 4 heterocycles. The number of hydrogen-bond acceptors (Lipinski definition) is 4. The molecule has 6 heteroatoms. The largest absolute Gasteiger partial charge is 0.494 e. The van der Waals surface area contributed by atoms with Crippen LogP contribution >= 0.6 is 0 Å². The molecule has 0 saturated carbocycles. The second-order valence-corrected chi connectivity index (χ2v) is 8.50. The minimum Gasteiger partial charge on any atom is -0.494 e. The van der Waals surface area contributed by atoms with Gasteiger partial charge in [0.25, 0.3) is 0 Å². The van der Waals surface area contributed by atoms with Crippen LogP contribution in [0.15, 0.2) is 48.9 Å². The van der Waals surface area contributed by atoms with E-state index in [9.17, 15) is 9.50 Å². The first-order valence-corrected chi connectivity index (χ1v) is 10.2. The number of aliphatic hydroxyl groups is 1. The number of methoxy groups -OCH3 is 1. The number of rotatable bonds is 5. The maximum Gasteiger partial charge on any atom is 0.169 e. The maximum atomic E-state index is 14.6. The molecule has 0 radical (unpaired) electrons. The standard InChI is InChI=1S/C23H26FN3O2/c1-29-21-4-2-3-17(22(21)24)14-27-18-5-6-19(27)12-23(28,11-18)15-26-10-8-16-7-9-25-13-20(16)26/h2-4,7-10,13,18-19,28H,5-6,11-12,14-15H2,1H3/t18-,19-/m0/s1. The molecular weight excluding hydrogens is 369 g/mol. The fourth-order valence-corrected chi connectivity index (χ4v) is 5.32. The van der Waals surface area contributed by atoms with E-state index in [1.54, 1.807) is 12.3 Å². The Morgan fingerprint density at radius 2 is 2.00 bits per heavy atom.